The lowest BCUT2D eigenvalue weighted by atomic mass is 9.91. The van der Waals surface area contributed by atoms with Crippen molar-refractivity contribution in [3.63, 3.8) is 0 Å². The maximum absolute atomic E-state index is 13.2. The highest BCUT2D eigenvalue weighted by atomic mass is 32.2. The highest BCUT2D eigenvalue weighted by molar-refractivity contribution is 7.91. The zero-order valence-corrected chi connectivity index (χ0v) is 22.5. The summed E-state index contributed by atoms with van der Waals surface area (Å²) in [4.78, 5) is 27.2. The number of benzene rings is 1. The van der Waals surface area contributed by atoms with E-state index in [-0.39, 0.29) is 17.6 Å². The van der Waals surface area contributed by atoms with Gasteiger partial charge >= 0.3 is 6.18 Å². The molecule has 3 aromatic rings. The number of rotatable bonds is 7. The van der Waals surface area contributed by atoms with Crippen molar-refractivity contribution < 1.29 is 26.4 Å². The Morgan fingerprint density at radius 3 is 2.38 bits per heavy atom. The molecule has 0 radical (unpaired) electrons. The van der Waals surface area contributed by atoms with Gasteiger partial charge in [-0.05, 0) is 62.9 Å². The van der Waals surface area contributed by atoms with E-state index in [1.165, 1.54) is 18.3 Å². The minimum absolute atomic E-state index is 0.103. The number of hydrogen-bond donors (Lipinski definition) is 2. The van der Waals surface area contributed by atoms with E-state index in [0.717, 1.165) is 42.4 Å². The van der Waals surface area contributed by atoms with Gasteiger partial charge in [0, 0.05) is 44.1 Å². The van der Waals surface area contributed by atoms with E-state index < -0.39 is 37.4 Å². The molecule has 0 aliphatic heterocycles. The van der Waals surface area contributed by atoms with E-state index in [2.05, 4.69) is 25.6 Å². The Hall–Kier alpha value is -3.74. The number of carbonyl (C=O) groups excluding carboxylic acids is 1. The van der Waals surface area contributed by atoms with Crippen molar-refractivity contribution in [2.45, 2.75) is 60.8 Å². The highest BCUT2D eigenvalue weighted by Crippen LogP contribution is 2.32. The maximum atomic E-state index is 13.2. The van der Waals surface area contributed by atoms with Crippen LogP contribution in [0.15, 0.2) is 58.7 Å². The van der Waals surface area contributed by atoms with Gasteiger partial charge in [0.05, 0.1) is 16.0 Å². The molecule has 2 N–H and O–H groups in total. The lowest BCUT2D eigenvalue weighted by molar-refractivity contribution is -0.137. The average Bonchev–Trinajstić information content (AvgIpc) is 2.90. The van der Waals surface area contributed by atoms with Crippen LogP contribution in [0, 0.1) is 6.92 Å². The quantitative estimate of drug-likeness (QED) is 0.439. The molecule has 9 nitrogen and oxygen atoms in total. The molecular weight excluding hydrogens is 533 g/mol. The van der Waals surface area contributed by atoms with Gasteiger partial charge in [0.15, 0.2) is 5.03 Å². The van der Waals surface area contributed by atoms with Gasteiger partial charge < -0.3 is 15.5 Å². The molecule has 208 valence electrons. The summed E-state index contributed by atoms with van der Waals surface area (Å²) in [5, 5.41) is 5.61. The topological polar surface area (TPSA) is 117 Å². The second-order valence-electron chi connectivity index (χ2n) is 9.65. The van der Waals surface area contributed by atoms with Crippen molar-refractivity contribution in [1.29, 1.82) is 0 Å². The van der Waals surface area contributed by atoms with Gasteiger partial charge in [0.2, 0.25) is 15.8 Å². The number of halogens is 3. The summed E-state index contributed by atoms with van der Waals surface area (Å²) in [5.41, 5.74) is -0.369. The zero-order chi connectivity index (χ0) is 28.4. The number of alkyl halides is 3. The largest absolute Gasteiger partial charge is 0.416 e. The van der Waals surface area contributed by atoms with E-state index >= 15 is 0 Å². The van der Waals surface area contributed by atoms with E-state index in [0.29, 0.717) is 24.9 Å². The first-order chi connectivity index (χ1) is 18.4. The molecule has 0 spiro atoms. The number of hydrogen-bond acceptors (Lipinski definition) is 8. The predicted octanol–water partition coefficient (Wildman–Crippen LogP) is 4.25. The lowest BCUT2D eigenvalue weighted by Gasteiger charge is -2.30. The second-order valence-corrected chi connectivity index (χ2v) is 11.5. The molecule has 0 bridgehead atoms. The van der Waals surface area contributed by atoms with Crippen molar-refractivity contribution >= 4 is 27.5 Å². The van der Waals surface area contributed by atoms with Crippen LogP contribution in [0.3, 0.4) is 0 Å². The van der Waals surface area contributed by atoms with Crippen LogP contribution in [0.2, 0.25) is 0 Å². The van der Waals surface area contributed by atoms with Crippen LogP contribution in [0.1, 0.15) is 47.2 Å². The van der Waals surface area contributed by atoms with E-state index in [1.807, 2.05) is 25.9 Å². The molecule has 0 unspecified atom stereocenters. The Kier molecular flexibility index (Phi) is 8.09. The number of nitrogens with one attached hydrogen (secondary N) is 2. The molecule has 1 aliphatic carbocycles. The van der Waals surface area contributed by atoms with E-state index in [1.54, 1.807) is 6.20 Å². The zero-order valence-electron chi connectivity index (χ0n) is 21.7. The first-order valence-electron chi connectivity index (χ1n) is 12.3. The van der Waals surface area contributed by atoms with Crippen molar-refractivity contribution in [1.82, 2.24) is 20.3 Å². The number of pyridine rings is 1. The average molecular weight is 563 g/mol. The van der Waals surface area contributed by atoms with Gasteiger partial charge in [0.25, 0.3) is 5.91 Å². The Labute approximate surface area is 224 Å². The smallest absolute Gasteiger partial charge is 0.362 e. The molecule has 1 aromatic carbocycles. The fourth-order valence-corrected chi connectivity index (χ4v) is 5.93. The normalized spacial score (nSPS) is 17.9. The molecule has 1 saturated carbocycles. The van der Waals surface area contributed by atoms with Gasteiger partial charge in [0.1, 0.15) is 5.82 Å². The standard InChI is InChI=1S/C26H29F3N6O3S/c1-16-15-31-25(34-22(16)35(2)3)33-19-11-9-18(10-12-19)32-23(36)21-8-5-13-30-24(21)39(37,38)20-7-4-6-17(14-20)26(27,28)29/h4-8,13-15,18-19H,9-12H2,1-3H3,(H,32,36)(H,31,33,34). The Morgan fingerprint density at radius 2 is 1.72 bits per heavy atom. The molecule has 0 atom stereocenters. The summed E-state index contributed by atoms with van der Waals surface area (Å²) in [6.45, 7) is 1.94. The monoisotopic (exact) mass is 562 g/mol. The maximum Gasteiger partial charge on any atom is 0.416 e. The second kappa shape index (κ2) is 11.2. The first-order valence-corrected chi connectivity index (χ1v) is 13.8. The van der Waals surface area contributed by atoms with Gasteiger partial charge in [-0.15, -0.1) is 0 Å². The fourth-order valence-electron chi connectivity index (χ4n) is 4.51. The van der Waals surface area contributed by atoms with Gasteiger partial charge in [-0.1, -0.05) is 6.07 Å². The Balaban J connectivity index is 1.43. The van der Waals surface area contributed by atoms with Crippen LogP contribution in [0.25, 0.3) is 0 Å². The molecule has 2 heterocycles. The fraction of sp³-hybridized carbons (Fsp3) is 0.385. The summed E-state index contributed by atoms with van der Waals surface area (Å²) in [6, 6.07) is 5.98. The highest BCUT2D eigenvalue weighted by Gasteiger charge is 2.33. The third-order valence-corrected chi connectivity index (χ3v) is 8.22. The van der Waals surface area contributed by atoms with Crippen LogP contribution in [0.5, 0.6) is 0 Å². The first kappa shape index (κ1) is 28.3. The van der Waals surface area contributed by atoms with Crippen LogP contribution in [-0.2, 0) is 16.0 Å². The van der Waals surface area contributed by atoms with Crippen molar-refractivity contribution in [2.24, 2.45) is 0 Å². The number of nitrogens with zero attached hydrogens (tertiary/aromatic N) is 4. The molecule has 39 heavy (non-hydrogen) atoms. The van der Waals surface area contributed by atoms with Crippen LogP contribution in [-0.4, -0.2) is 55.5 Å². The van der Waals surface area contributed by atoms with Crippen molar-refractivity contribution in [2.75, 3.05) is 24.3 Å². The van der Waals surface area contributed by atoms with Crippen molar-refractivity contribution in [3.8, 4) is 0 Å². The molecular formula is C26H29F3N6O3S. The SMILES string of the molecule is Cc1cnc(NC2CCC(NC(=O)c3cccnc3S(=O)(=O)c3cccc(C(F)(F)F)c3)CC2)nc1N(C)C. The lowest BCUT2D eigenvalue weighted by Crippen LogP contribution is -2.40. The van der Waals surface area contributed by atoms with Crippen LogP contribution < -0.4 is 15.5 Å². The van der Waals surface area contributed by atoms with Crippen LogP contribution >= 0.6 is 0 Å². The minimum Gasteiger partial charge on any atom is -0.362 e. The Morgan fingerprint density at radius 1 is 1.03 bits per heavy atom. The molecule has 1 aliphatic rings. The molecule has 13 heteroatoms. The summed E-state index contributed by atoms with van der Waals surface area (Å²) in [5.74, 6) is 0.694. The molecule has 4 rings (SSSR count). The number of carbonyl (C=O) groups is 1. The molecule has 1 amide bonds. The summed E-state index contributed by atoms with van der Waals surface area (Å²) in [6.07, 6.45) is 0.934. The molecule has 1 fully saturated rings. The van der Waals surface area contributed by atoms with Gasteiger partial charge in [-0.25, -0.2) is 18.4 Å². The van der Waals surface area contributed by atoms with Gasteiger partial charge in [-0.3, -0.25) is 4.79 Å². The molecule has 2 aromatic heterocycles. The number of anilines is 2. The third kappa shape index (κ3) is 6.47. The minimum atomic E-state index is -4.72. The number of aromatic nitrogens is 3. The van der Waals surface area contributed by atoms with Crippen molar-refractivity contribution in [3.05, 3.63) is 65.5 Å². The number of sulfone groups is 1. The van der Waals surface area contributed by atoms with E-state index in [9.17, 15) is 26.4 Å². The summed E-state index contributed by atoms with van der Waals surface area (Å²) in [7, 11) is -0.677. The number of amides is 1. The summed E-state index contributed by atoms with van der Waals surface area (Å²) < 4.78 is 65.9. The molecule has 0 saturated heterocycles. The predicted molar refractivity (Wildman–Crippen MR) is 139 cm³/mol. The van der Waals surface area contributed by atoms with E-state index in [4.69, 9.17) is 0 Å². The third-order valence-electron chi connectivity index (χ3n) is 6.51. The van der Waals surface area contributed by atoms with Crippen LogP contribution in [0.4, 0.5) is 24.9 Å². The van der Waals surface area contributed by atoms with Gasteiger partial charge in [-0.2, -0.15) is 18.2 Å². The summed E-state index contributed by atoms with van der Waals surface area (Å²) >= 11 is 0. The Bertz CT molecular complexity index is 1460. The number of aryl methyl sites for hydroxylation is 1.